The number of hydrogen-bond acceptors (Lipinski definition) is 5. The minimum absolute atomic E-state index is 0.0675. The number of aromatic nitrogens is 1. The first kappa shape index (κ1) is 12.9. The number of thiazole rings is 1. The first-order valence-corrected chi connectivity index (χ1v) is 5.94. The second-order valence-corrected chi connectivity index (χ2v) is 5.01. The molecule has 0 aliphatic rings. The topological polar surface area (TPSA) is 88.5 Å². The number of ether oxygens (including phenoxy) is 1. The Labute approximate surface area is 104 Å². The first-order valence-electron chi connectivity index (χ1n) is 4.33. The highest BCUT2D eigenvalue weighted by atomic mass is 79.9. The Morgan fingerprint density at radius 3 is 2.88 bits per heavy atom. The van der Waals surface area contributed by atoms with Gasteiger partial charge < -0.3 is 15.2 Å². The van der Waals surface area contributed by atoms with E-state index in [4.69, 9.17) is 9.84 Å². The Kier molecular flexibility index (Phi) is 4.69. The molecule has 16 heavy (non-hydrogen) atoms. The van der Waals surface area contributed by atoms with E-state index in [9.17, 15) is 9.59 Å². The van der Waals surface area contributed by atoms with Gasteiger partial charge in [0.2, 0.25) is 0 Å². The number of halogens is 1. The summed E-state index contributed by atoms with van der Waals surface area (Å²) in [6, 6.07) is 0. The van der Waals surface area contributed by atoms with Crippen LogP contribution in [0.3, 0.4) is 0 Å². The Hall–Kier alpha value is -1.15. The third-order valence-electron chi connectivity index (χ3n) is 1.49. The molecule has 0 unspecified atom stereocenters. The summed E-state index contributed by atoms with van der Waals surface area (Å²) < 4.78 is 5.32. The van der Waals surface area contributed by atoms with Crippen molar-refractivity contribution in [2.24, 2.45) is 0 Å². The number of hydrogen-bond donors (Lipinski definition) is 2. The molecule has 1 heterocycles. The summed E-state index contributed by atoms with van der Waals surface area (Å²) in [5.41, 5.74) is 0.175. The molecule has 88 valence electrons. The van der Waals surface area contributed by atoms with Crippen molar-refractivity contribution in [3.8, 4) is 0 Å². The predicted molar refractivity (Wildman–Crippen MR) is 60.6 cm³/mol. The minimum Gasteiger partial charge on any atom is -0.465 e. The van der Waals surface area contributed by atoms with E-state index in [2.05, 4.69) is 26.2 Å². The van der Waals surface area contributed by atoms with E-state index in [0.29, 0.717) is 8.79 Å². The van der Waals surface area contributed by atoms with Crippen molar-refractivity contribution in [1.29, 1.82) is 0 Å². The summed E-state index contributed by atoms with van der Waals surface area (Å²) in [5, 5.41) is 11.1. The predicted octanol–water partition coefficient (Wildman–Crippen LogP) is 1.85. The summed E-state index contributed by atoms with van der Waals surface area (Å²) in [7, 11) is 0. The molecule has 1 aromatic heterocycles. The number of nitrogens with zero attached hydrogens (tertiary/aromatic N) is 1. The standard InChI is InChI=1S/C8H9BrN2O4S/c1-2-15-7(12)5-6(9)16-4(11-5)3-10-8(13)14/h10H,2-3H2,1H3,(H,13,14). The van der Waals surface area contributed by atoms with Gasteiger partial charge in [-0.05, 0) is 22.9 Å². The second-order valence-electron chi connectivity index (χ2n) is 2.61. The fourth-order valence-electron chi connectivity index (χ4n) is 0.895. The van der Waals surface area contributed by atoms with E-state index in [1.807, 2.05) is 0 Å². The van der Waals surface area contributed by atoms with Crippen molar-refractivity contribution < 1.29 is 19.4 Å². The fourth-order valence-corrected chi connectivity index (χ4v) is 2.42. The maximum atomic E-state index is 11.4. The zero-order valence-electron chi connectivity index (χ0n) is 8.32. The van der Waals surface area contributed by atoms with E-state index in [1.165, 1.54) is 11.3 Å². The highest BCUT2D eigenvalue weighted by Crippen LogP contribution is 2.25. The molecular weight excluding hydrogens is 300 g/mol. The van der Waals surface area contributed by atoms with Gasteiger partial charge in [0.1, 0.15) is 8.79 Å². The van der Waals surface area contributed by atoms with Gasteiger partial charge in [-0.2, -0.15) is 0 Å². The maximum absolute atomic E-state index is 11.4. The Morgan fingerprint density at radius 1 is 1.62 bits per heavy atom. The number of esters is 1. The van der Waals surface area contributed by atoms with Gasteiger partial charge in [0, 0.05) is 0 Å². The molecule has 0 saturated heterocycles. The number of nitrogens with one attached hydrogen (secondary N) is 1. The van der Waals surface area contributed by atoms with E-state index in [1.54, 1.807) is 6.92 Å². The van der Waals surface area contributed by atoms with Crippen LogP contribution >= 0.6 is 27.3 Å². The lowest BCUT2D eigenvalue weighted by Crippen LogP contribution is -2.19. The van der Waals surface area contributed by atoms with Gasteiger partial charge in [-0.1, -0.05) is 0 Å². The van der Waals surface area contributed by atoms with Crippen LogP contribution in [0.1, 0.15) is 22.4 Å². The van der Waals surface area contributed by atoms with Crippen LogP contribution in [-0.4, -0.2) is 28.8 Å². The monoisotopic (exact) mass is 308 g/mol. The van der Waals surface area contributed by atoms with Crippen LogP contribution in [0.25, 0.3) is 0 Å². The van der Waals surface area contributed by atoms with Crippen molar-refractivity contribution in [1.82, 2.24) is 10.3 Å². The molecule has 1 rings (SSSR count). The maximum Gasteiger partial charge on any atom is 0.405 e. The molecule has 0 bridgehead atoms. The molecule has 0 atom stereocenters. The van der Waals surface area contributed by atoms with Crippen molar-refractivity contribution in [3.63, 3.8) is 0 Å². The number of carboxylic acid groups (broad SMARTS) is 1. The van der Waals surface area contributed by atoms with Gasteiger partial charge in [0.25, 0.3) is 0 Å². The molecule has 2 N–H and O–H groups in total. The minimum atomic E-state index is -1.14. The molecule has 0 fully saturated rings. The van der Waals surface area contributed by atoms with Gasteiger partial charge in [-0.25, -0.2) is 14.6 Å². The molecular formula is C8H9BrN2O4S. The van der Waals surface area contributed by atoms with Crippen molar-refractivity contribution >= 4 is 39.3 Å². The van der Waals surface area contributed by atoms with Gasteiger partial charge in [0.05, 0.1) is 13.2 Å². The summed E-state index contributed by atoms with van der Waals surface area (Å²) in [6.45, 7) is 2.04. The highest BCUT2D eigenvalue weighted by Gasteiger charge is 2.17. The third kappa shape index (κ3) is 3.46. The molecule has 0 aromatic carbocycles. The molecule has 0 aliphatic heterocycles. The van der Waals surface area contributed by atoms with E-state index in [-0.39, 0.29) is 18.8 Å². The number of rotatable bonds is 4. The van der Waals surface area contributed by atoms with Gasteiger partial charge >= 0.3 is 12.1 Å². The molecule has 1 aromatic rings. The largest absolute Gasteiger partial charge is 0.465 e. The number of carbonyl (C=O) groups excluding carboxylic acids is 1. The van der Waals surface area contributed by atoms with Crippen LogP contribution in [0.15, 0.2) is 3.79 Å². The van der Waals surface area contributed by atoms with Crippen LogP contribution in [0.2, 0.25) is 0 Å². The van der Waals surface area contributed by atoms with Crippen molar-refractivity contribution in [2.45, 2.75) is 13.5 Å². The highest BCUT2D eigenvalue weighted by molar-refractivity contribution is 9.11. The summed E-state index contributed by atoms with van der Waals surface area (Å²) in [4.78, 5) is 25.6. The molecule has 0 aliphatic carbocycles. The lowest BCUT2D eigenvalue weighted by Gasteiger charge is -1.97. The zero-order chi connectivity index (χ0) is 12.1. The van der Waals surface area contributed by atoms with Crippen LogP contribution in [0, 0.1) is 0 Å². The van der Waals surface area contributed by atoms with Crippen LogP contribution in [0.5, 0.6) is 0 Å². The molecule has 8 heteroatoms. The average Bonchev–Trinajstić information content (AvgIpc) is 2.57. The molecule has 0 radical (unpaired) electrons. The SMILES string of the molecule is CCOC(=O)c1nc(CNC(=O)O)sc1Br. The molecule has 0 saturated carbocycles. The molecule has 6 nitrogen and oxygen atoms in total. The van der Waals surface area contributed by atoms with Crippen LogP contribution in [-0.2, 0) is 11.3 Å². The summed E-state index contributed by atoms with van der Waals surface area (Å²) >= 11 is 4.36. The van der Waals surface area contributed by atoms with Crippen molar-refractivity contribution in [2.75, 3.05) is 6.61 Å². The van der Waals surface area contributed by atoms with Gasteiger partial charge in [-0.3, -0.25) is 0 Å². The molecule has 1 amide bonds. The fraction of sp³-hybridized carbons (Fsp3) is 0.375. The lowest BCUT2D eigenvalue weighted by molar-refractivity contribution is 0.0519. The van der Waals surface area contributed by atoms with E-state index < -0.39 is 12.1 Å². The van der Waals surface area contributed by atoms with Gasteiger partial charge in [-0.15, -0.1) is 11.3 Å². The first-order chi connectivity index (χ1) is 7.54. The van der Waals surface area contributed by atoms with Gasteiger partial charge in [0.15, 0.2) is 5.69 Å². The Bertz CT molecular complexity index is 407. The summed E-state index contributed by atoms with van der Waals surface area (Å²) in [6.07, 6.45) is -1.14. The number of carbonyl (C=O) groups is 2. The third-order valence-corrected chi connectivity index (χ3v) is 3.19. The molecule has 0 spiro atoms. The second kappa shape index (κ2) is 5.80. The van der Waals surface area contributed by atoms with E-state index >= 15 is 0 Å². The van der Waals surface area contributed by atoms with E-state index in [0.717, 1.165) is 0 Å². The summed E-state index contributed by atoms with van der Waals surface area (Å²) in [5.74, 6) is -0.521. The smallest absolute Gasteiger partial charge is 0.405 e. The lowest BCUT2D eigenvalue weighted by atomic mass is 10.5. The normalized spacial score (nSPS) is 9.88. The zero-order valence-corrected chi connectivity index (χ0v) is 10.7. The average molecular weight is 309 g/mol. The van der Waals surface area contributed by atoms with Crippen molar-refractivity contribution in [3.05, 3.63) is 14.5 Å². The quantitative estimate of drug-likeness (QED) is 0.829. The van der Waals surface area contributed by atoms with Crippen LogP contribution in [0.4, 0.5) is 4.79 Å². The Balaban J connectivity index is 2.73. The number of amides is 1. The van der Waals surface area contributed by atoms with Crippen LogP contribution < -0.4 is 5.32 Å². The Morgan fingerprint density at radius 2 is 2.31 bits per heavy atom.